The van der Waals surface area contributed by atoms with E-state index in [1.54, 1.807) is 12.1 Å². The monoisotopic (exact) mass is 182 g/mol. The van der Waals surface area contributed by atoms with Crippen LogP contribution in [0.25, 0.3) is 0 Å². The highest BCUT2D eigenvalue weighted by molar-refractivity contribution is 6.35. The lowest BCUT2D eigenvalue weighted by Gasteiger charge is -2.02. The van der Waals surface area contributed by atoms with Crippen molar-refractivity contribution in [3.8, 4) is 0 Å². The molecule has 0 spiro atoms. The molecule has 2 rings (SSSR count). The first kappa shape index (κ1) is 7.43. The van der Waals surface area contributed by atoms with Gasteiger partial charge in [-0.1, -0.05) is 11.6 Å². The molecular weight excluding hydrogens is 176 g/mol. The highest BCUT2D eigenvalue weighted by Gasteiger charge is 2.20. The Kier molecular flexibility index (Phi) is 1.48. The molecule has 1 amide bonds. The van der Waals surface area contributed by atoms with Gasteiger partial charge in [0, 0.05) is 11.3 Å². The van der Waals surface area contributed by atoms with Gasteiger partial charge >= 0.3 is 0 Å². The number of halogens is 1. The van der Waals surface area contributed by atoms with Crippen LogP contribution in [0.1, 0.15) is 5.56 Å². The van der Waals surface area contributed by atoms with Gasteiger partial charge in [-0.2, -0.15) is 0 Å². The Bertz CT molecular complexity index is 362. The average Bonchev–Trinajstić information content (AvgIpc) is 2.39. The SMILES string of the molecule is Nc1ccc2c(c1Cl)CC(=O)N2. The van der Waals surface area contributed by atoms with E-state index in [2.05, 4.69) is 5.32 Å². The maximum atomic E-state index is 11.0. The summed E-state index contributed by atoms with van der Waals surface area (Å²) < 4.78 is 0. The van der Waals surface area contributed by atoms with Crippen molar-refractivity contribution in [2.45, 2.75) is 6.42 Å². The smallest absolute Gasteiger partial charge is 0.228 e. The van der Waals surface area contributed by atoms with Crippen LogP contribution in [-0.2, 0) is 11.2 Å². The second kappa shape index (κ2) is 2.38. The normalized spacial score (nSPS) is 14.2. The molecule has 0 aromatic heterocycles. The van der Waals surface area contributed by atoms with Crippen LogP contribution in [-0.4, -0.2) is 5.91 Å². The number of nitrogen functional groups attached to an aromatic ring is 1. The molecule has 1 aromatic carbocycles. The quantitative estimate of drug-likeness (QED) is 0.597. The summed E-state index contributed by atoms with van der Waals surface area (Å²) in [5.41, 5.74) is 7.67. The molecule has 3 nitrogen and oxygen atoms in total. The number of hydrogen-bond donors (Lipinski definition) is 2. The van der Waals surface area contributed by atoms with E-state index in [1.807, 2.05) is 0 Å². The van der Waals surface area contributed by atoms with Gasteiger partial charge in [-0.25, -0.2) is 0 Å². The van der Waals surface area contributed by atoms with Gasteiger partial charge in [-0.15, -0.1) is 0 Å². The Morgan fingerprint density at radius 2 is 2.25 bits per heavy atom. The van der Waals surface area contributed by atoms with Gasteiger partial charge in [0.15, 0.2) is 0 Å². The zero-order chi connectivity index (χ0) is 8.72. The van der Waals surface area contributed by atoms with Gasteiger partial charge in [0.1, 0.15) is 0 Å². The van der Waals surface area contributed by atoms with E-state index in [-0.39, 0.29) is 5.91 Å². The van der Waals surface area contributed by atoms with E-state index in [9.17, 15) is 4.79 Å². The fourth-order valence-electron chi connectivity index (χ4n) is 1.28. The van der Waals surface area contributed by atoms with Crippen molar-refractivity contribution in [1.82, 2.24) is 0 Å². The number of anilines is 2. The molecule has 1 aromatic rings. The fourth-order valence-corrected chi connectivity index (χ4v) is 1.52. The fraction of sp³-hybridized carbons (Fsp3) is 0.125. The van der Waals surface area contributed by atoms with Gasteiger partial charge in [-0.05, 0) is 12.1 Å². The lowest BCUT2D eigenvalue weighted by atomic mass is 10.1. The van der Waals surface area contributed by atoms with Crippen LogP contribution < -0.4 is 11.1 Å². The van der Waals surface area contributed by atoms with Gasteiger partial charge < -0.3 is 11.1 Å². The van der Waals surface area contributed by atoms with Crippen LogP contribution in [0.2, 0.25) is 5.02 Å². The molecule has 4 heteroatoms. The van der Waals surface area contributed by atoms with Crippen molar-refractivity contribution in [1.29, 1.82) is 0 Å². The summed E-state index contributed by atoms with van der Waals surface area (Å²) in [6, 6.07) is 3.45. The molecule has 1 heterocycles. The predicted octanol–water partition coefficient (Wildman–Crippen LogP) is 1.42. The maximum Gasteiger partial charge on any atom is 0.228 e. The second-order valence-electron chi connectivity index (χ2n) is 2.72. The molecule has 1 aliphatic rings. The van der Waals surface area contributed by atoms with Crippen LogP contribution in [0.3, 0.4) is 0 Å². The summed E-state index contributed by atoms with van der Waals surface area (Å²) in [6.07, 6.45) is 0.333. The van der Waals surface area contributed by atoms with Crippen molar-refractivity contribution >= 4 is 28.9 Å². The summed E-state index contributed by atoms with van der Waals surface area (Å²) >= 11 is 5.89. The highest BCUT2D eigenvalue weighted by atomic mass is 35.5. The number of nitrogens with one attached hydrogen (secondary N) is 1. The minimum Gasteiger partial charge on any atom is -0.398 e. The molecule has 0 aliphatic carbocycles. The zero-order valence-corrected chi connectivity index (χ0v) is 6.98. The molecule has 1 aliphatic heterocycles. The van der Waals surface area contributed by atoms with Crippen molar-refractivity contribution in [2.75, 3.05) is 11.1 Å². The summed E-state index contributed by atoms with van der Waals surface area (Å²) in [7, 11) is 0. The Labute approximate surface area is 74.5 Å². The Morgan fingerprint density at radius 3 is 3.00 bits per heavy atom. The van der Waals surface area contributed by atoms with Crippen molar-refractivity contribution < 1.29 is 4.79 Å². The topological polar surface area (TPSA) is 55.1 Å². The number of rotatable bonds is 0. The van der Waals surface area contributed by atoms with Gasteiger partial charge in [0.2, 0.25) is 5.91 Å². The summed E-state index contributed by atoms with van der Waals surface area (Å²) in [4.78, 5) is 11.0. The maximum absolute atomic E-state index is 11.0. The summed E-state index contributed by atoms with van der Waals surface area (Å²) in [5.74, 6) is -0.0301. The molecule has 62 valence electrons. The van der Waals surface area contributed by atoms with Gasteiger partial charge in [0.05, 0.1) is 17.1 Å². The predicted molar refractivity (Wildman–Crippen MR) is 48.2 cm³/mol. The zero-order valence-electron chi connectivity index (χ0n) is 6.23. The number of fused-ring (bicyclic) bond motifs is 1. The third-order valence-electron chi connectivity index (χ3n) is 1.88. The van der Waals surface area contributed by atoms with Crippen LogP contribution in [0, 0.1) is 0 Å². The summed E-state index contributed by atoms with van der Waals surface area (Å²) in [5, 5.41) is 3.18. The average molecular weight is 183 g/mol. The number of nitrogens with two attached hydrogens (primary N) is 1. The third-order valence-corrected chi connectivity index (χ3v) is 2.33. The molecule has 0 atom stereocenters. The lowest BCUT2D eigenvalue weighted by molar-refractivity contribution is -0.115. The van der Waals surface area contributed by atoms with E-state index >= 15 is 0 Å². The molecule has 0 bridgehead atoms. The number of amides is 1. The van der Waals surface area contributed by atoms with Crippen molar-refractivity contribution in [3.63, 3.8) is 0 Å². The van der Waals surface area contributed by atoms with E-state index in [0.29, 0.717) is 17.1 Å². The van der Waals surface area contributed by atoms with E-state index < -0.39 is 0 Å². The van der Waals surface area contributed by atoms with E-state index in [1.165, 1.54) is 0 Å². The number of benzene rings is 1. The van der Waals surface area contributed by atoms with Crippen LogP contribution in [0.5, 0.6) is 0 Å². The van der Waals surface area contributed by atoms with Crippen molar-refractivity contribution in [3.05, 3.63) is 22.7 Å². The second-order valence-corrected chi connectivity index (χ2v) is 3.10. The molecule has 3 N–H and O–H groups in total. The van der Waals surface area contributed by atoms with E-state index in [0.717, 1.165) is 11.3 Å². The highest BCUT2D eigenvalue weighted by Crippen LogP contribution is 2.33. The standard InChI is InChI=1S/C8H7ClN2O/c9-8-4-3-7(12)11-6(4)2-1-5(8)10/h1-2H,3,10H2,(H,11,12). The largest absolute Gasteiger partial charge is 0.398 e. The van der Waals surface area contributed by atoms with Crippen LogP contribution >= 0.6 is 11.6 Å². The Balaban J connectivity index is 2.61. The number of hydrogen-bond acceptors (Lipinski definition) is 2. The van der Waals surface area contributed by atoms with Gasteiger partial charge in [-0.3, -0.25) is 4.79 Å². The lowest BCUT2D eigenvalue weighted by Crippen LogP contribution is -2.03. The third kappa shape index (κ3) is 0.940. The van der Waals surface area contributed by atoms with Gasteiger partial charge in [0.25, 0.3) is 0 Å². The molecule has 0 radical (unpaired) electrons. The number of carbonyl (C=O) groups excluding carboxylic acids is 1. The van der Waals surface area contributed by atoms with Crippen LogP contribution in [0.4, 0.5) is 11.4 Å². The van der Waals surface area contributed by atoms with Crippen LogP contribution in [0.15, 0.2) is 12.1 Å². The molecule has 12 heavy (non-hydrogen) atoms. The molecule has 0 saturated carbocycles. The molecule has 0 unspecified atom stereocenters. The first-order chi connectivity index (χ1) is 5.68. The summed E-state index contributed by atoms with van der Waals surface area (Å²) in [6.45, 7) is 0. The Hall–Kier alpha value is -1.22. The molecular formula is C8H7ClN2O. The minimum atomic E-state index is -0.0301. The number of carbonyl (C=O) groups is 1. The molecule has 0 saturated heterocycles. The first-order valence-electron chi connectivity index (χ1n) is 3.55. The first-order valence-corrected chi connectivity index (χ1v) is 3.93. The molecule has 0 fully saturated rings. The van der Waals surface area contributed by atoms with E-state index in [4.69, 9.17) is 17.3 Å². The Morgan fingerprint density at radius 1 is 1.50 bits per heavy atom. The minimum absolute atomic E-state index is 0.0301. The van der Waals surface area contributed by atoms with Crippen molar-refractivity contribution in [2.24, 2.45) is 0 Å².